The molecule has 2 atom stereocenters. The van der Waals surface area contributed by atoms with Gasteiger partial charge in [-0.1, -0.05) is 58.0 Å². The molecule has 7 nitrogen and oxygen atoms in total. The third-order valence-electron chi connectivity index (χ3n) is 8.64. The van der Waals surface area contributed by atoms with Crippen molar-refractivity contribution in [1.29, 1.82) is 0 Å². The number of amidine groups is 2. The Bertz CT molecular complexity index is 1570. The van der Waals surface area contributed by atoms with Crippen LogP contribution in [-0.4, -0.2) is 65.0 Å². The molecule has 1 aliphatic carbocycles. The molecule has 2 unspecified atom stereocenters. The molecular formula is C34H41N7. The Morgan fingerprint density at radius 1 is 1.02 bits per heavy atom. The van der Waals surface area contributed by atoms with E-state index in [1.165, 1.54) is 24.0 Å². The van der Waals surface area contributed by atoms with Gasteiger partial charge in [0.25, 0.3) is 0 Å². The van der Waals surface area contributed by atoms with Crippen LogP contribution in [0.1, 0.15) is 52.5 Å². The van der Waals surface area contributed by atoms with Gasteiger partial charge in [-0.05, 0) is 66.5 Å². The number of pyridine rings is 1. The Labute approximate surface area is 243 Å². The standard InChI is InChI=1S/C32H35N7.C2H6/c1-32(2)19-34-15-13-27(32)39(3)31-28-24(20-9-10-20)18-33-14-12-25(28)36-30(38-31)22-11-16-35-29-23(22)17-26(37-29)21-7-5-4-6-8-21;1-2/h4-8,11-12,14,16-18,20,25,27,34H,9-10,13,15,19H2,1-3H3,(H,35,37);1-2H3. The summed E-state index contributed by atoms with van der Waals surface area (Å²) in [4.78, 5) is 25.9. The predicted octanol–water partition coefficient (Wildman–Crippen LogP) is 6.41. The number of hydrogen-bond donors (Lipinski definition) is 2. The number of nitrogens with one attached hydrogen (secondary N) is 2. The highest BCUT2D eigenvalue weighted by molar-refractivity contribution is 6.19. The van der Waals surface area contributed by atoms with E-state index in [2.05, 4.69) is 88.7 Å². The molecule has 2 aromatic heterocycles. The molecule has 2 fully saturated rings. The van der Waals surface area contributed by atoms with Crippen LogP contribution in [0.3, 0.4) is 0 Å². The molecule has 3 aliphatic heterocycles. The van der Waals surface area contributed by atoms with Gasteiger partial charge in [0.2, 0.25) is 0 Å². The summed E-state index contributed by atoms with van der Waals surface area (Å²) in [7, 11) is 2.23. The van der Waals surface area contributed by atoms with Crippen LogP contribution in [0.5, 0.6) is 0 Å². The van der Waals surface area contributed by atoms with E-state index in [0.29, 0.717) is 12.0 Å². The number of rotatable bonds is 4. The van der Waals surface area contributed by atoms with Gasteiger partial charge in [0, 0.05) is 60.5 Å². The molecule has 3 aromatic rings. The molecule has 2 N–H and O–H groups in total. The Balaban J connectivity index is 0.00000148. The van der Waals surface area contributed by atoms with Gasteiger partial charge >= 0.3 is 0 Å². The predicted molar refractivity (Wildman–Crippen MR) is 171 cm³/mol. The lowest BCUT2D eigenvalue weighted by atomic mass is 9.78. The van der Waals surface area contributed by atoms with E-state index in [0.717, 1.165) is 59.0 Å². The zero-order valence-electron chi connectivity index (χ0n) is 24.9. The van der Waals surface area contributed by atoms with Crippen LogP contribution in [0.4, 0.5) is 0 Å². The quantitative estimate of drug-likeness (QED) is 0.396. The molecule has 1 saturated carbocycles. The number of H-pyrrole nitrogens is 1. The third-order valence-corrected chi connectivity index (χ3v) is 8.64. The summed E-state index contributed by atoms with van der Waals surface area (Å²) in [6.45, 7) is 10.7. The van der Waals surface area contributed by atoms with E-state index in [1.54, 1.807) is 0 Å². The summed E-state index contributed by atoms with van der Waals surface area (Å²) in [6.07, 6.45) is 11.4. The first-order valence-electron chi connectivity index (χ1n) is 15.1. The van der Waals surface area contributed by atoms with Crippen LogP contribution in [0.2, 0.25) is 0 Å². The maximum absolute atomic E-state index is 5.39. The zero-order valence-corrected chi connectivity index (χ0v) is 24.9. The van der Waals surface area contributed by atoms with E-state index in [-0.39, 0.29) is 11.5 Å². The van der Waals surface area contributed by atoms with Crippen LogP contribution >= 0.6 is 0 Å². The highest BCUT2D eigenvalue weighted by Crippen LogP contribution is 2.41. The summed E-state index contributed by atoms with van der Waals surface area (Å²) in [5.74, 6) is 2.34. The number of aliphatic imine (C=N–C) groups is 3. The van der Waals surface area contributed by atoms with Crippen molar-refractivity contribution in [2.75, 3.05) is 20.1 Å². The van der Waals surface area contributed by atoms with E-state index < -0.39 is 0 Å². The lowest BCUT2D eigenvalue weighted by molar-refractivity contribution is 0.127. The monoisotopic (exact) mass is 547 g/mol. The summed E-state index contributed by atoms with van der Waals surface area (Å²) in [5.41, 5.74) is 6.66. The highest BCUT2D eigenvalue weighted by atomic mass is 15.2. The third kappa shape index (κ3) is 5.19. The van der Waals surface area contributed by atoms with Crippen LogP contribution < -0.4 is 5.32 Å². The number of hydrogen-bond acceptors (Lipinski definition) is 6. The first-order chi connectivity index (χ1) is 20.0. The number of allylic oxidation sites excluding steroid dienone is 1. The lowest BCUT2D eigenvalue weighted by Gasteiger charge is -2.46. The molecule has 5 heterocycles. The Morgan fingerprint density at radius 2 is 1.83 bits per heavy atom. The number of aromatic nitrogens is 2. The first kappa shape index (κ1) is 27.3. The lowest BCUT2D eigenvalue weighted by Crippen LogP contribution is -2.56. The second-order valence-corrected chi connectivity index (χ2v) is 11.8. The minimum atomic E-state index is -0.117. The second-order valence-electron chi connectivity index (χ2n) is 11.8. The van der Waals surface area contributed by atoms with Gasteiger partial charge in [0.05, 0.1) is 0 Å². The van der Waals surface area contributed by atoms with Crippen molar-refractivity contribution in [2.24, 2.45) is 26.3 Å². The van der Waals surface area contributed by atoms with Gasteiger partial charge in [-0.2, -0.15) is 0 Å². The summed E-state index contributed by atoms with van der Waals surface area (Å²) in [6, 6.07) is 14.8. The van der Waals surface area contributed by atoms with Gasteiger partial charge in [-0.3, -0.25) is 9.98 Å². The van der Waals surface area contributed by atoms with E-state index in [9.17, 15) is 0 Å². The number of likely N-dealkylation sites (N-methyl/N-ethyl adjacent to an activating group) is 1. The van der Waals surface area contributed by atoms with Gasteiger partial charge in [-0.15, -0.1) is 0 Å². The maximum Gasteiger partial charge on any atom is 0.158 e. The Morgan fingerprint density at radius 3 is 2.59 bits per heavy atom. The molecule has 41 heavy (non-hydrogen) atoms. The fourth-order valence-electron chi connectivity index (χ4n) is 6.42. The van der Waals surface area contributed by atoms with E-state index in [4.69, 9.17) is 9.98 Å². The van der Waals surface area contributed by atoms with Crippen molar-refractivity contribution < 1.29 is 0 Å². The average molecular weight is 548 g/mol. The average Bonchev–Trinajstić information content (AvgIpc) is 3.78. The molecular weight excluding hydrogens is 506 g/mol. The fourth-order valence-corrected chi connectivity index (χ4v) is 6.42. The number of fused-ring (bicyclic) bond motifs is 2. The summed E-state index contributed by atoms with van der Waals surface area (Å²) in [5, 5.41) is 4.63. The molecule has 1 aromatic carbocycles. The van der Waals surface area contributed by atoms with Crippen molar-refractivity contribution in [3.8, 4) is 11.3 Å². The Hall–Kier alpha value is -3.84. The smallest absolute Gasteiger partial charge is 0.158 e. The first-order valence-corrected chi connectivity index (χ1v) is 15.1. The van der Waals surface area contributed by atoms with Gasteiger partial charge < -0.3 is 15.2 Å². The Kier molecular flexibility index (Phi) is 7.47. The van der Waals surface area contributed by atoms with Crippen molar-refractivity contribution in [3.63, 3.8) is 0 Å². The normalized spacial score (nSPS) is 23.2. The van der Waals surface area contributed by atoms with Gasteiger partial charge in [0.15, 0.2) is 5.84 Å². The van der Waals surface area contributed by atoms with Crippen LogP contribution in [0.25, 0.3) is 22.3 Å². The van der Waals surface area contributed by atoms with E-state index >= 15 is 0 Å². The zero-order chi connectivity index (χ0) is 28.6. The number of benzene rings is 1. The number of aromatic amines is 1. The molecule has 1 saturated heterocycles. The van der Waals surface area contributed by atoms with Crippen LogP contribution in [-0.2, 0) is 0 Å². The van der Waals surface area contributed by atoms with E-state index in [1.807, 2.05) is 38.4 Å². The molecule has 4 aliphatic rings. The minimum absolute atomic E-state index is 0.115. The van der Waals surface area contributed by atoms with Crippen LogP contribution in [0, 0.1) is 11.3 Å². The maximum atomic E-state index is 5.39. The van der Waals surface area contributed by atoms with Gasteiger partial charge in [-0.25, -0.2) is 9.98 Å². The van der Waals surface area contributed by atoms with Gasteiger partial charge in [0.1, 0.15) is 17.5 Å². The van der Waals surface area contributed by atoms with Crippen molar-refractivity contribution in [1.82, 2.24) is 20.2 Å². The molecule has 0 amide bonds. The summed E-state index contributed by atoms with van der Waals surface area (Å²) >= 11 is 0. The molecule has 0 bridgehead atoms. The number of piperidine rings is 1. The molecule has 7 heteroatoms. The van der Waals surface area contributed by atoms with Crippen molar-refractivity contribution in [3.05, 3.63) is 77.6 Å². The topological polar surface area (TPSA) is 81.0 Å². The minimum Gasteiger partial charge on any atom is -0.356 e. The fraction of sp³-hybridized carbons (Fsp3) is 0.412. The second kappa shape index (κ2) is 11.2. The number of nitrogens with zero attached hydrogens (tertiary/aromatic N) is 5. The highest BCUT2D eigenvalue weighted by Gasteiger charge is 2.41. The molecule has 7 rings (SSSR count). The van der Waals surface area contributed by atoms with Crippen molar-refractivity contribution >= 4 is 28.9 Å². The van der Waals surface area contributed by atoms with Crippen molar-refractivity contribution in [2.45, 2.75) is 59.0 Å². The van der Waals surface area contributed by atoms with Crippen LogP contribution in [0.15, 0.2) is 87.1 Å². The molecule has 212 valence electrons. The molecule has 0 radical (unpaired) electrons. The SMILES string of the molecule is CC.CN(C1=NC(c2ccnc3[nH]c(-c4ccccc4)cc23)=NC2C=CN=CC(C3CC3)=C12)C1CCNCC1(C)C. The summed E-state index contributed by atoms with van der Waals surface area (Å²) < 4.78 is 0. The largest absolute Gasteiger partial charge is 0.356 e. The molecule has 0 spiro atoms.